The fourth-order valence-corrected chi connectivity index (χ4v) is 4.50. The predicted octanol–water partition coefficient (Wildman–Crippen LogP) is 2.32. The number of methoxy groups -OCH3 is 1. The standard InChI is InChI=1S/C21H29ClN4O4/c1-12-8-15(9-16(30-5)17(12)22)26-7-6-25(11-14(26)3)18(27)13(2)10-21(4)19(28)23-20(29)24-21/h8-9,13-14H,6-7,10-11H2,1-5H3,(H2,23,24,28,29)/t13?,14-,21?/m0/s1. The molecule has 2 heterocycles. The molecule has 1 aromatic carbocycles. The molecule has 0 radical (unpaired) electrons. The third kappa shape index (κ3) is 4.19. The van der Waals surface area contributed by atoms with Gasteiger partial charge >= 0.3 is 6.03 Å². The maximum atomic E-state index is 13.0. The highest BCUT2D eigenvalue weighted by Gasteiger charge is 2.44. The van der Waals surface area contributed by atoms with Crippen molar-refractivity contribution in [2.45, 2.75) is 45.7 Å². The van der Waals surface area contributed by atoms with Gasteiger partial charge in [-0.1, -0.05) is 18.5 Å². The molecule has 2 unspecified atom stereocenters. The average molecular weight is 437 g/mol. The van der Waals surface area contributed by atoms with Crippen LogP contribution >= 0.6 is 11.6 Å². The molecular formula is C21H29ClN4O4. The highest BCUT2D eigenvalue weighted by molar-refractivity contribution is 6.32. The molecule has 3 atom stereocenters. The van der Waals surface area contributed by atoms with Crippen LogP contribution in [0.25, 0.3) is 0 Å². The second-order valence-corrected chi connectivity index (χ2v) is 8.83. The van der Waals surface area contributed by atoms with Gasteiger partial charge in [0.15, 0.2) is 0 Å². The highest BCUT2D eigenvalue weighted by atomic mass is 35.5. The Morgan fingerprint density at radius 2 is 2.07 bits per heavy atom. The van der Waals surface area contributed by atoms with Gasteiger partial charge in [0.05, 0.1) is 12.1 Å². The monoisotopic (exact) mass is 436 g/mol. The molecule has 30 heavy (non-hydrogen) atoms. The van der Waals surface area contributed by atoms with Gasteiger partial charge in [0.2, 0.25) is 5.91 Å². The number of nitrogens with one attached hydrogen (secondary N) is 2. The summed E-state index contributed by atoms with van der Waals surface area (Å²) in [4.78, 5) is 40.6. The SMILES string of the molecule is COc1cc(N2CCN(C(=O)C(C)CC3(C)NC(=O)NC3=O)C[C@@H]2C)cc(C)c1Cl. The number of rotatable bonds is 5. The van der Waals surface area contributed by atoms with Crippen LogP contribution in [0.1, 0.15) is 32.8 Å². The molecule has 164 valence electrons. The molecule has 2 N–H and O–H groups in total. The van der Waals surface area contributed by atoms with Gasteiger partial charge < -0.3 is 19.9 Å². The van der Waals surface area contributed by atoms with E-state index in [1.54, 1.807) is 21.0 Å². The molecule has 2 aliphatic heterocycles. The minimum Gasteiger partial charge on any atom is -0.495 e. The minimum atomic E-state index is -1.06. The van der Waals surface area contributed by atoms with E-state index in [0.29, 0.717) is 30.4 Å². The van der Waals surface area contributed by atoms with Crippen molar-refractivity contribution in [3.8, 4) is 5.75 Å². The summed E-state index contributed by atoms with van der Waals surface area (Å²) in [6.07, 6.45) is 0.256. The van der Waals surface area contributed by atoms with E-state index in [9.17, 15) is 14.4 Å². The summed E-state index contributed by atoms with van der Waals surface area (Å²) in [5.41, 5.74) is 0.895. The summed E-state index contributed by atoms with van der Waals surface area (Å²) in [7, 11) is 1.60. The largest absolute Gasteiger partial charge is 0.495 e. The second-order valence-electron chi connectivity index (χ2n) is 8.45. The highest BCUT2D eigenvalue weighted by Crippen LogP contribution is 2.34. The summed E-state index contributed by atoms with van der Waals surface area (Å²) in [6.45, 7) is 9.29. The van der Waals surface area contributed by atoms with Crippen molar-refractivity contribution < 1.29 is 19.1 Å². The lowest BCUT2D eigenvalue weighted by atomic mass is 9.89. The van der Waals surface area contributed by atoms with Crippen LogP contribution in [0.3, 0.4) is 0 Å². The van der Waals surface area contributed by atoms with Crippen LogP contribution in [-0.2, 0) is 9.59 Å². The topological polar surface area (TPSA) is 91.0 Å². The summed E-state index contributed by atoms with van der Waals surface area (Å²) in [6, 6.07) is 3.54. The zero-order chi connectivity index (χ0) is 22.2. The average Bonchev–Trinajstić information content (AvgIpc) is 2.94. The molecule has 2 fully saturated rings. The summed E-state index contributed by atoms with van der Waals surface area (Å²) >= 11 is 6.29. The Bertz CT molecular complexity index is 877. The Labute approximate surface area is 181 Å². The van der Waals surface area contributed by atoms with Gasteiger partial charge in [-0.25, -0.2) is 4.79 Å². The first kappa shape index (κ1) is 22.2. The van der Waals surface area contributed by atoms with Gasteiger partial charge in [-0.3, -0.25) is 14.9 Å². The van der Waals surface area contributed by atoms with Crippen molar-refractivity contribution >= 4 is 35.1 Å². The number of carbonyl (C=O) groups is 3. The second kappa shape index (κ2) is 8.34. The molecule has 0 bridgehead atoms. The van der Waals surface area contributed by atoms with Crippen LogP contribution in [0.4, 0.5) is 10.5 Å². The lowest BCUT2D eigenvalue weighted by Crippen LogP contribution is -2.55. The predicted molar refractivity (Wildman–Crippen MR) is 115 cm³/mol. The number of urea groups is 1. The first-order valence-electron chi connectivity index (χ1n) is 10.1. The molecule has 0 spiro atoms. The van der Waals surface area contributed by atoms with E-state index in [2.05, 4.69) is 22.5 Å². The maximum absolute atomic E-state index is 13.0. The first-order chi connectivity index (χ1) is 14.1. The van der Waals surface area contributed by atoms with E-state index in [-0.39, 0.29) is 18.4 Å². The van der Waals surface area contributed by atoms with E-state index in [1.165, 1.54) is 0 Å². The Morgan fingerprint density at radius 1 is 1.37 bits per heavy atom. The van der Waals surface area contributed by atoms with E-state index >= 15 is 0 Å². The number of halogens is 1. The van der Waals surface area contributed by atoms with E-state index in [4.69, 9.17) is 16.3 Å². The Balaban J connectivity index is 1.66. The van der Waals surface area contributed by atoms with Crippen LogP contribution < -0.4 is 20.3 Å². The number of benzene rings is 1. The van der Waals surface area contributed by atoms with Crippen LogP contribution in [-0.4, -0.2) is 61.1 Å². The number of ether oxygens (including phenoxy) is 1. The Kier molecular flexibility index (Phi) is 6.17. The van der Waals surface area contributed by atoms with Crippen LogP contribution in [0.15, 0.2) is 12.1 Å². The number of hydrogen-bond donors (Lipinski definition) is 2. The quantitative estimate of drug-likeness (QED) is 0.691. The van der Waals surface area contributed by atoms with Gasteiger partial charge in [-0.15, -0.1) is 0 Å². The number of carbonyl (C=O) groups excluding carboxylic acids is 3. The Morgan fingerprint density at radius 3 is 2.63 bits per heavy atom. The maximum Gasteiger partial charge on any atom is 0.322 e. The van der Waals surface area contributed by atoms with Crippen molar-refractivity contribution in [3.05, 3.63) is 22.7 Å². The van der Waals surface area contributed by atoms with Crippen molar-refractivity contribution in [2.75, 3.05) is 31.6 Å². The van der Waals surface area contributed by atoms with Crippen molar-refractivity contribution in [2.24, 2.45) is 5.92 Å². The van der Waals surface area contributed by atoms with Gasteiger partial charge in [0.25, 0.3) is 5.91 Å². The molecule has 0 saturated carbocycles. The number of aryl methyl sites for hydroxylation is 1. The number of hydrogen-bond acceptors (Lipinski definition) is 5. The fourth-order valence-electron chi connectivity index (χ4n) is 4.31. The third-order valence-electron chi connectivity index (χ3n) is 5.95. The molecule has 2 saturated heterocycles. The van der Waals surface area contributed by atoms with Gasteiger partial charge in [0.1, 0.15) is 11.3 Å². The molecule has 3 rings (SSSR count). The molecule has 0 aromatic heterocycles. The van der Waals surface area contributed by atoms with Gasteiger partial charge in [-0.2, -0.15) is 0 Å². The van der Waals surface area contributed by atoms with E-state index in [0.717, 1.165) is 11.3 Å². The molecular weight excluding hydrogens is 408 g/mol. The van der Waals surface area contributed by atoms with Gasteiger partial charge in [0, 0.05) is 43.3 Å². The van der Waals surface area contributed by atoms with Gasteiger partial charge in [-0.05, 0) is 38.8 Å². The molecule has 0 aliphatic carbocycles. The molecule has 4 amide bonds. The lowest BCUT2D eigenvalue weighted by Gasteiger charge is -2.42. The molecule has 9 heteroatoms. The van der Waals surface area contributed by atoms with Crippen molar-refractivity contribution in [1.29, 1.82) is 0 Å². The van der Waals surface area contributed by atoms with Crippen molar-refractivity contribution in [1.82, 2.24) is 15.5 Å². The van der Waals surface area contributed by atoms with E-state index in [1.807, 2.05) is 24.0 Å². The number of nitrogens with zero attached hydrogens (tertiary/aromatic N) is 2. The molecule has 1 aromatic rings. The fraction of sp³-hybridized carbons (Fsp3) is 0.571. The summed E-state index contributed by atoms with van der Waals surface area (Å²) in [5.74, 6) is -0.161. The van der Waals surface area contributed by atoms with E-state index < -0.39 is 23.4 Å². The normalized spacial score (nSPS) is 25.1. The summed E-state index contributed by atoms with van der Waals surface area (Å²) < 4.78 is 5.39. The number of imide groups is 1. The summed E-state index contributed by atoms with van der Waals surface area (Å²) in [5, 5.41) is 5.47. The van der Waals surface area contributed by atoms with Crippen molar-refractivity contribution in [3.63, 3.8) is 0 Å². The zero-order valence-electron chi connectivity index (χ0n) is 18.0. The Hall–Kier alpha value is -2.48. The zero-order valence-corrected chi connectivity index (χ0v) is 18.8. The minimum absolute atomic E-state index is 0.0125. The van der Waals surface area contributed by atoms with Crippen LogP contribution in [0.5, 0.6) is 5.75 Å². The first-order valence-corrected chi connectivity index (χ1v) is 10.5. The number of amides is 4. The van der Waals surface area contributed by atoms with Crippen LogP contribution in [0, 0.1) is 12.8 Å². The molecule has 2 aliphatic rings. The molecule has 8 nitrogen and oxygen atoms in total. The van der Waals surface area contributed by atoms with Crippen LogP contribution in [0.2, 0.25) is 5.02 Å². The lowest BCUT2D eigenvalue weighted by molar-refractivity contribution is -0.137. The number of anilines is 1. The number of piperazine rings is 1. The third-order valence-corrected chi connectivity index (χ3v) is 6.43. The smallest absolute Gasteiger partial charge is 0.322 e.